The molecule has 0 radical (unpaired) electrons. The molecule has 2 fully saturated rings. The van der Waals surface area contributed by atoms with Crippen LogP contribution in [0.15, 0.2) is 136 Å². The van der Waals surface area contributed by atoms with Crippen LogP contribution < -0.4 is 31.7 Å². The third-order valence-electron chi connectivity index (χ3n) is 14.2. The van der Waals surface area contributed by atoms with E-state index in [1.807, 2.05) is 113 Å². The number of nitrogens with one attached hydrogen (secondary N) is 2. The van der Waals surface area contributed by atoms with Crippen molar-refractivity contribution in [1.29, 1.82) is 5.26 Å². The van der Waals surface area contributed by atoms with E-state index in [0.717, 1.165) is 16.7 Å². The fraction of sp³-hybridized carbons (Fsp3) is 0.424. The summed E-state index contributed by atoms with van der Waals surface area (Å²) in [5.41, 5.74) is 0.850. The summed E-state index contributed by atoms with van der Waals surface area (Å²) in [4.78, 5) is 66.3. The van der Waals surface area contributed by atoms with Crippen LogP contribution in [0.1, 0.15) is 97.6 Å². The number of ether oxygens (including phenoxy) is 5. The number of carbonyl (C=O) groups excluding carboxylic acids is 1. The van der Waals surface area contributed by atoms with Gasteiger partial charge in [-0.3, -0.25) is 28.5 Å². The van der Waals surface area contributed by atoms with E-state index >= 15 is 0 Å². The van der Waals surface area contributed by atoms with Gasteiger partial charge in [0.25, 0.3) is 20.0 Å². The van der Waals surface area contributed by atoms with Crippen molar-refractivity contribution >= 4 is 20.3 Å². The fourth-order valence-electron chi connectivity index (χ4n) is 10.2. The lowest BCUT2D eigenvalue weighted by Gasteiger charge is -2.37. The van der Waals surface area contributed by atoms with E-state index in [4.69, 9.17) is 37.6 Å². The molecule has 2 aromatic heterocycles. The maximum Gasteiger partial charge on any atom is 0.351 e. The summed E-state index contributed by atoms with van der Waals surface area (Å²) in [7, 11) is 3.30. The van der Waals surface area contributed by atoms with Crippen molar-refractivity contribution in [2.45, 2.75) is 109 Å². The van der Waals surface area contributed by atoms with E-state index in [1.165, 1.54) is 15.3 Å². The number of aryl methyl sites for hydroxylation is 2. The number of methoxy groups -OCH3 is 2. The number of H-pyrrole nitrogens is 1. The highest BCUT2D eigenvalue weighted by Crippen LogP contribution is 2.50. The van der Waals surface area contributed by atoms with E-state index in [-0.39, 0.29) is 63.0 Å². The lowest BCUT2D eigenvalue weighted by molar-refractivity contribution is -0.187. The highest BCUT2D eigenvalue weighted by atomic mass is 31.2. The summed E-state index contributed by atoms with van der Waals surface area (Å²) in [5, 5.41) is 13.9. The Morgan fingerprint density at radius 3 is 1.98 bits per heavy atom. The standard InChI is InChI=1S/C59H71N8O12P/c1-38(2)67(39(3)4)80(76-30-16-29-60)79-49-32-53(66-34-41(6)55(68)63-58(66)71)78-51(49)37-75-64(7)35-43-31-52(65-33-40(5)54(62-57(65)70)61-56(69)42-17-12-10-13-18-42)77-50(43)36-74-59(44-19-14-11-15-20-44,45-21-25-47(72-8)26-22-45)46-23-27-48(73-9)28-24-46/h10-15,17-28,33-34,38-39,43,49-53H,16,30-32,35-37H2,1-9H3,(H,63,68,71)(H,61,62,69,70)/t43-,49+,50-,51-,52-,53-,80?/m1/s1. The second-order valence-electron chi connectivity index (χ2n) is 20.4. The number of aromatic nitrogens is 4. The van der Waals surface area contributed by atoms with E-state index < -0.39 is 67.7 Å². The van der Waals surface area contributed by atoms with E-state index in [1.54, 1.807) is 70.6 Å². The number of nitriles is 1. The molecule has 80 heavy (non-hydrogen) atoms. The van der Waals surface area contributed by atoms with Crippen molar-refractivity contribution in [2.75, 3.05) is 52.9 Å². The normalized spacial score (nSPS) is 19.6. The number of hydroxylamine groups is 2. The van der Waals surface area contributed by atoms with E-state index in [0.29, 0.717) is 34.6 Å². The molecule has 21 heteroatoms. The lowest BCUT2D eigenvalue weighted by atomic mass is 9.80. The van der Waals surface area contributed by atoms with Gasteiger partial charge in [0.15, 0.2) is 0 Å². The molecule has 2 aliphatic heterocycles. The predicted molar refractivity (Wildman–Crippen MR) is 301 cm³/mol. The van der Waals surface area contributed by atoms with Crippen molar-refractivity contribution in [2.24, 2.45) is 5.92 Å². The Hall–Kier alpha value is -6.89. The molecule has 7 atom stereocenters. The highest BCUT2D eigenvalue weighted by molar-refractivity contribution is 7.44. The van der Waals surface area contributed by atoms with Crippen LogP contribution in [-0.2, 0) is 33.7 Å². The third-order valence-corrected chi connectivity index (χ3v) is 16.3. The Morgan fingerprint density at radius 2 is 1.38 bits per heavy atom. The zero-order valence-corrected chi connectivity index (χ0v) is 47.5. The van der Waals surface area contributed by atoms with Crippen LogP contribution in [0.25, 0.3) is 0 Å². The van der Waals surface area contributed by atoms with Gasteiger partial charge in [0.2, 0.25) is 0 Å². The topological polar surface area (TPSA) is 223 Å². The number of amides is 1. The lowest BCUT2D eigenvalue weighted by Crippen LogP contribution is -2.40. The number of carbonyl (C=O) groups is 1. The largest absolute Gasteiger partial charge is 0.497 e. The van der Waals surface area contributed by atoms with Gasteiger partial charge in [-0.05, 0) is 101 Å². The number of nitrogens with zero attached hydrogens (tertiary/aromatic N) is 6. The summed E-state index contributed by atoms with van der Waals surface area (Å²) in [6, 6.07) is 36.3. The summed E-state index contributed by atoms with van der Waals surface area (Å²) < 4.78 is 50.2. The molecule has 0 saturated carbocycles. The Labute approximate surface area is 467 Å². The second kappa shape index (κ2) is 27.0. The van der Waals surface area contributed by atoms with Gasteiger partial charge in [-0.25, -0.2) is 14.3 Å². The number of benzene rings is 4. The van der Waals surface area contributed by atoms with E-state index in [2.05, 4.69) is 26.0 Å². The quantitative estimate of drug-likeness (QED) is 0.0238. The van der Waals surface area contributed by atoms with Gasteiger partial charge in [0.05, 0.1) is 58.7 Å². The number of hydrogen-bond acceptors (Lipinski definition) is 16. The molecule has 6 aromatic rings. The SMILES string of the molecule is COc1ccc(C(OC[C@H]2O[C@@H](n3cc(C)c(NC(=O)c4ccccc4)nc3=O)C[C@@H]2CN(C)OC[C@H]2O[C@@H](n3cc(C)c(=O)[nH]c3=O)C[C@@H]2OP(OCCC#N)N(C(C)C)C(C)C)(c2ccccc2)c2ccc(OC)cc2)cc1. The fourth-order valence-corrected chi connectivity index (χ4v) is 12.0. The second-order valence-corrected chi connectivity index (χ2v) is 21.8. The number of anilines is 1. The predicted octanol–water partition coefficient (Wildman–Crippen LogP) is 8.40. The van der Waals surface area contributed by atoms with E-state index in [9.17, 15) is 24.4 Å². The molecule has 8 rings (SSSR count). The molecule has 0 spiro atoms. The van der Waals surface area contributed by atoms with Gasteiger partial charge in [0, 0.05) is 67.1 Å². The van der Waals surface area contributed by atoms with Crippen LogP contribution in [0.5, 0.6) is 11.5 Å². The van der Waals surface area contributed by atoms with Crippen LogP contribution in [0, 0.1) is 31.1 Å². The highest BCUT2D eigenvalue weighted by Gasteiger charge is 2.45. The van der Waals surface area contributed by atoms with Gasteiger partial charge in [-0.2, -0.15) is 15.3 Å². The van der Waals surface area contributed by atoms with Gasteiger partial charge in [-0.1, -0.05) is 72.8 Å². The smallest absolute Gasteiger partial charge is 0.351 e. The van der Waals surface area contributed by atoms with Gasteiger partial charge < -0.3 is 38.0 Å². The molecule has 1 unspecified atom stereocenters. The molecule has 2 saturated heterocycles. The van der Waals surface area contributed by atoms with Crippen molar-refractivity contribution in [3.63, 3.8) is 0 Å². The molecule has 4 heterocycles. The average molecular weight is 1120 g/mol. The van der Waals surface area contributed by atoms with Crippen molar-refractivity contribution in [1.82, 2.24) is 28.8 Å². The molecular weight excluding hydrogens is 1040 g/mol. The monoisotopic (exact) mass is 1110 g/mol. The minimum absolute atomic E-state index is 0.0141. The zero-order valence-electron chi connectivity index (χ0n) is 46.6. The molecule has 20 nitrogen and oxygen atoms in total. The number of hydrogen-bond donors (Lipinski definition) is 2. The van der Waals surface area contributed by atoms with Crippen LogP contribution >= 0.6 is 8.53 Å². The third kappa shape index (κ3) is 13.8. The number of rotatable bonds is 25. The molecule has 4 aromatic carbocycles. The summed E-state index contributed by atoms with van der Waals surface area (Å²) >= 11 is 0. The molecule has 2 N–H and O–H groups in total. The average Bonchev–Trinajstić information content (AvgIpc) is 4.15. The van der Waals surface area contributed by atoms with Crippen LogP contribution in [0.4, 0.5) is 5.82 Å². The molecule has 0 aliphatic carbocycles. The number of aromatic amines is 1. The molecule has 2 aliphatic rings. The van der Waals surface area contributed by atoms with Crippen molar-refractivity contribution in [3.8, 4) is 17.6 Å². The van der Waals surface area contributed by atoms with Gasteiger partial charge in [-0.15, -0.1) is 0 Å². The molecular formula is C59H71N8O12P. The molecule has 424 valence electrons. The van der Waals surface area contributed by atoms with Crippen LogP contribution in [0.3, 0.4) is 0 Å². The van der Waals surface area contributed by atoms with Gasteiger partial charge in [0.1, 0.15) is 41.5 Å². The zero-order chi connectivity index (χ0) is 57.1. The van der Waals surface area contributed by atoms with Gasteiger partial charge >= 0.3 is 11.4 Å². The summed E-state index contributed by atoms with van der Waals surface area (Å²) in [6.07, 6.45) is 0.132. The first kappa shape index (κ1) is 59.2. The first-order valence-corrected chi connectivity index (χ1v) is 27.8. The first-order chi connectivity index (χ1) is 38.5. The Bertz CT molecular complexity index is 3170. The minimum atomic E-state index is -1.73. The minimum Gasteiger partial charge on any atom is -0.497 e. The summed E-state index contributed by atoms with van der Waals surface area (Å²) in [5.74, 6) is 0.737. The van der Waals surface area contributed by atoms with Crippen molar-refractivity contribution < 1.29 is 42.4 Å². The molecule has 1 amide bonds. The van der Waals surface area contributed by atoms with Crippen LogP contribution in [-0.4, -0.2) is 113 Å². The maximum absolute atomic E-state index is 14.1. The Balaban J connectivity index is 1.11. The van der Waals surface area contributed by atoms with Crippen molar-refractivity contribution in [3.05, 3.63) is 186 Å². The maximum atomic E-state index is 14.1. The molecule has 0 bridgehead atoms. The Kier molecular flexibility index (Phi) is 20.0. The Morgan fingerprint density at radius 1 is 0.800 bits per heavy atom. The first-order valence-electron chi connectivity index (χ1n) is 26.7. The van der Waals surface area contributed by atoms with Crippen LogP contribution in [0.2, 0.25) is 0 Å². The summed E-state index contributed by atoms with van der Waals surface area (Å²) in [6.45, 7) is 12.0.